The van der Waals surface area contributed by atoms with E-state index >= 15 is 0 Å². The van der Waals surface area contributed by atoms with E-state index < -0.39 is 0 Å². The van der Waals surface area contributed by atoms with Crippen LogP contribution in [0.5, 0.6) is 0 Å². The van der Waals surface area contributed by atoms with E-state index in [-0.39, 0.29) is 5.91 Å². The minimum Gasteiger partial charge on any atom is -0.339 e. The van der Waals surface area contributed by atoms with Gasteiger partial charge in [0.1, 0.15) is 0 Å². The number of nitrogens with one attached hydrogen (secondary N) is 1. The van der Waals surface area contributed by atoms with Crippen LogP contribution in [0, 0.1) is 12.3 Å². The van der Waals surface area contributed by atoms with E-state index in [1.165, 1.54) is 0 Å². The molecule has 0 saturated carbocycles. The number of carbonyl (C=O) groups excluding carboxylic acids is 1. The molecule has 0 aliphatic carbocycles. The number of benzene rings is 1. The van der Waals surface area contributed by atoms with Crippen LogP contribution < -0.4 is 11.3 Å². The van der Waals surface area contributed by atoms with Gasteiger partial charge in [-0.25, -0.2) is 0 Å². The van der Waals surface area contributed by atoms with Crippen LogP contribution in [-0.2, 0) is 0 Å². The first kappa shape index (κ1) is 13.9. The Kier molecular flexibility index (Phi) is 3.80. The quantitative estimate of drug-likeness (QED) is 0.635. The van der Waals surface area contributed by atoms with E-state index in [2.05, 4.69) is 19.3 Å². The Labute approximate surface area is 114 Å². The Hall–Kier alpha value is -1.55. The molecule has 1 fully saturated rings. The summed E-state index contributed by atoms with van der Waals surface area (Å²) in [6.07, 6.45) is 2.14. The smallest absolute Gasteiger partial charge is 0.253 e. The Balaban J connectivity index is 2.10. The fourth-order valence-electron chi connectivity index (χ4n) is 2.46. The number of piperidine rings is 1. The number of hydrogen-bond donors (Lipinski definition) is 2. The molecular weight excluding hydrogens is 238 g/mol. The van der Waals surface area contributed by atoms with E-state index in [0.717, 1.165) is 42.7 Å². The highest BCUT2D eigenvalue weighted by Crippen LogP contribution is 2.30. The van der Waals surface area contributed by atoms with E-state index in [9.17, 15) is 4.79 Å². The number of nitrogens with zero attached hydrogens (tertiary/aromatic N) is 1. The van der Waals surface area contributed by atoms with Gasteiger partial charge in [0, 0.05) is 18.7 Å². The summed E-state index contributed by atoms with van der Waals surface area (Å²) < 4.78 is 0. The minimum atomic E-state index is 0.127. The first-order valence-corrected chi connectivity index (χ1v) is 6.79. The first-order valence-electron chi connectivity index (χ1n) is 6.79. The molecule has 3 N–H and O–H groups in total. The molecule has 2 rings (SSSR count). The molecule has 0 aromatic heterocycles. The molecule has 0 unspecified atom stereocenters. The topological polar surface area (TPSA) is 58.4 Å². The molecule has 1 aliphatic rings. The lowest BCUT2D eigenvalue weighted by atomic mass is 9.82. The molecule has 104 valence electrons. The molecule has 1 heterocycles. The van der Waals surface area contributed by atoms with Crippen LogP contribution in [0.15, 0.2) is 18.2 Å². The Morgan fingerprint density at radius 3 is 2.47 bits per heavy atom. The van der Waals surface area contributed by atoms with Gasteiger partial charge in [0.2, 0.25) is 0 Å². The average Bonchev–Trinajstić information content (AvgIpc) is 2.38. The lowest BCUT2D eigenvalue weighted by molar-refractivity contribution is 0.0630. The predicted octanol–water partition coefficient (Wildman–Crippen LogP) is 2.54. The summed E-state index contributed by atoms with van der Waals surface area (Å²) in [5, 5.41) is 0. The second-order valence-electron chi connectivity index (χ2n) is 6.13. The number of rotatable bonds is 2. The maximum atomic E-state index is 12.4. The van der Waals surface area contributed by atoms with Crippen LogP contribution in [0.3, 0.4) is 0 Å². The van der Waals surface area contributed by atoms with Gasteiger partial charge in [-0.3, -0.25) is 10.6 Å². The van der Waals surface area contributed by atoms with E-state index in [0.29, 0.717) is 5.41 Å². The molecule has 1 saturated heterocycles. The number of carbonyl (C=O) groups is 1. The van der Waals surface area contributed by atoms with E-state index in [1.54, 1.807) is 0 Å². The predicted molar refractivity (Wildman–Crippen MR) is 77.9 cm³/mol. The number of hydrogen-bond acceptors (Lipinski definition) is 3. The zero-order chi connectivity index (χ0) is 14.0. The molecule has 0 spiro atoms. The summed E-state index contributed by atoms with van der Waals surface area (Å²) >= 11 is 0. The number of hydrazine groups is 1. The lowest BCUT2D eigenvalue weighted by Gasteiger charge is -2.37. The fourth-order valence-corrected chi connectivity index (χ4v) is 2.46. The molecule has 1 aliphatic heterocycles. The summed E-state index contributed by atoms with van der Waals surface area (Å²) in [6, 6.07) is 5.60. The van der Waals surface area contributed by atoms with Gasteiger partial charge in [-0.2, -0.15) is 0 Å². The largest absolute Gasteiger partial charge is 0.339 e. The van der Waals surface area contributed by atoms with Crippen molar-refractivity contribution in [3.8, 4) is 0 Å². The van der Waals surface area contributed by atoms with E-state index in [1.807, 2.05) is 30.0 Å². The molecule has 0 radical (unpaired) electrons. The van der Waals surface area contributed by atoms with Crippen LogP contribution in [-0.4, -0.2) is 23.9 Å². The van der Waals surface area contributed by atoms with E-state index in [4.69, 9.17) is 5.84 Å². The highest BCUT2D eigenvalue weighted by atomic mass is 16.2. The highest BCUT2D eigenvalue weighted by molar-refractivity contribution is 5.95. The van der Waals surface area contributed by atoms with Gasteiger partial charge in [0.05, 0.1) is 5.69 Å². The van der Waals surface area contributed by atoms with Gasteiger partial charge in [0.15, 0.2) is 0 Å². The summed E-state index contributed by atoms with van der Waals surface area (Å²) in [4.78, 5) is 14.4. The van der Waals surface area contributed by atoms with Crippen molar-refractivity contribution in [3.63, 3.8) is 0 Å². The molecule has 1 amide bonds. The third kappa shape index (κ3) is 3.07. The molecular formula is C15H23N3O. The number of nitrogen functional groups attached to an aromatic ring is 1. The molecule has 4 heteroatoms. The van der Waals surface area contributed by atoms with Crippen molar-refractivity contribution in [1.29, 1.82) is 0 Å². The SMILES string of the molecule is Cc1cc(C(=O)N2CCC(C)(C)CC2)ccc1NN. The maximum absolute atomic E-state index is 12.4. The van der Waals surface area contributed by atoms with Gasteiger partial charge < -0.3 is 10.3 Å². The fraction of sp³-hybridized carbons (Fsp3) is 0.533. The number of anilines is 1. The number of nitrogens with two attached hydrogens (primary N) is 1. The maximum Gasteiger partial charge on any atom is 0.253 e. The highest BCUT2D eigenvalue weighted by Gasteiger charge is 2.28. The normalized spacial score (nSPS) is 18.2. The average molecular weight is 261 g/mol. The summed E-state index contributed by atoms with van der Waals surface area (Å²) in [6.45, 7) is 8.18. The van der Waals surface area contributed by atoms with Crippen LogP contribution in [0.1, 0.15) is 42.6 Å². The van der Waals surface area contributed by atoms with Gasteiger partial charge in [-0.05, 0) is 48.9 Å². The molecule has 0 bridgehead atoms. The third-order valence-corrected chi connectivity index (χ3v) is 4.03. The summed E-state index contributed by atoms with van der Waals surface area (Å²) in [5.74, 6) is 5.53. The monoisotopic (exact) mass is 261 g/mol. The lowest BCUT2D eigenvalue weighted by Crippen LogP contribution is -2.41. The van der Waals surface area contributed by atoms with Crippen LogP contribution in [0.4, 0.5) is 5.69 Å². The van der Waals surface area contributed by atoms with Crippen LogP contribution in [0.2, 0.25) is 0 Å². The van der Waals surface area contributed by atoms with Crippen LogP contribution >= 0.6 is 0 Å². The molecule has 1 aromatic rings. The summed E-state index contributed by atoms with van der Waals surface area (Å²) in [7, 11) is 0. The molecule has 19 heavy (non-hydrogen) atoms. The Morgan fingerprint density at radius 2 is 1.95 bits per heavy atom. The molecule has 0 atom stereocenters. The minimum absolute atomic E-state index is 0.127. The Bertz CT molecular complexity index is 472. The van der Waals surface area contributed by atoms with Crippen molar-refractivity contribution in [1.82, 2.24) is 4.90 Å². The zero-order valence-electron chi connectivity index (χ0n) is 12.0. The second-order valence-corrected chi connectivity index (χ2v) is 6.13. The van der Waals surface area contributed by atoms with Gasteiger partial charge in [-0.15, -0.1) is 0 Å². The second kappa shape index (κ2) is 5.21. The zero-order valence-corrected chi connectivity index (χ0v) is 12.0. The third-order valence-electron chi connectivity index (χ3n) is 4.03. The Morgan fingerprint density at radius 1 is 1.32 bits per heavy atom. The number of amides is 1. The molecule has 1 aromatic carbocycles. The van der Waals surface area contributed by atoms with Crippen molar-refractivity contribution in [3.05, 3.63) is 29.3 Å². The van der Waals surface area contributed by atoms with Gasteiger partial charge in [0.25, 0.3) is 5.91 Å². The van der Waals surface area contributed by atoms with Crippen LogP contribution in [0.25, 0.3) is 0 Å². The number of likely N-dealkylation sites (tertiary alicyclic amines) is 1. The van der Waals surface area contributed by atoms with Crippen molar-refractivity contribution >= 4 is 11.6 Å². The standard InChI is InChI=1S/C15H23N3O/c1-11-10-12(4-5-13(11)17-16)14(19)18-8-6-15(2,3)7-9-18/h4-5,10,17H,6-9,16H2,1-3H3. The van der Waals surface area contributed by atoms with Gasteiger partial charge in [-0.1, -0.05) is 13.8 Å². The van der Waals surface area contributed by atoms with Crippen molar-refractivity contribution < 1.29 is 4.79 Å². The number of aryl methyl sites for hydroxylation is 1. The van der Waals surface area contributed by atoms with Crippen molar-refractivity contribution in [2.75, 3.05) is 18.5 Å². The molecule has 4 nitrogen and oxygen atoms in total. The van der Waals surface area contributed by atoms with Crippen molar-refractivity contribution in [2.45, 2.75) is 33.6 Å². The van der Waals surface area contributed by atoms with Gasteiger partial charge >= 0.3 is 0 Å². The van der Waals surface area contributed by atoms with Crippen molar-refractivity contribution in [2.24, 2.45) is 11.3 Å². The summed E-state index contributed by atoms with van der Waals surface area (Å²) in [5.41, 5.74) is 5.58. The first-order chi connectivity index (χ1) is 8.93.